The molecular formula is C25H33N5O4. The molecule has 0 amide bonds. The third-order valence-electron chi connectivity index (χ3n) is 6.33. The van der Waals surface area contributed by atoms with Crippen molar-refractivity contribution < 1.29 is 14.3 Å². The molecule has 0 saturated carbocycles. The fourth-order valence-electron chi connectivity index (χ4n) is 4.50. The largest absolute Gasteiger partial charge is 0.497 e. The summed E-state index contributed by atoms with van der Waals surface area (Å²) in [6, 6.07) is 13.3. The highest BCUT2D eigenvalue weighted by atomic mass is 16.7. The van der Waals surface area contributed by atoms with Crippen molar-refractivity contribution in [1.82, 2.24) is 20.2 Å². The number of aromatic amines is 1. The van der Waals surface area contributed by atoms with Gasteiger partial charge in [0.05, 0.1) is 30.8 Å². The van der Waals surface area contributed by atoms with Crippen molar-refractivity contribution in [3.8, 4) is 17.1 Å². The average Bonchev–Trinajstić information content (AvgIpc) is 2.87. The predicted octanol–water partition coefficient (Wildman–Crippen LogP) is 2.62. The van der Waals surface area contributed by atoms with Gasteiger partial charge in [-0.05, 0) is 37.3 Å². The molecule has 1 fully saturated rings. The van der Waals surface area contributed by atoms with Gasteiger partial charge >= 0.3 is 0 Å². The van der Waals surface area contributed by atoms with E-state index in [-0.39, 0.29) is 11.8 Å². The molecule has 2 N–H and O–H groups in total. The number of nitrogens with one attached hydrogen (secondary N) is 2. The van der Waals surface area contributed by atoms with Gasteiger partial charge in [-0.1, -0.05) is 12.1 Å². The number of ether oxygens (including phenoxy) is 2. The van der Waals surface area contributed by atoms with E-state index in [1.165, 1.54) is 0 Å². The quantitative estimate of drug-likeness (QED) is 0.464. The number of hydroxylamine groups is 1. The number of aromatic nitrogens is 2. The molecule has 0 bridgehead atoms. The lowest BCUT2D eigenvalue weighted by molar-refractivity contribution is -0.0648. The standard InChI is InChI=1S/C25H33N5O4/c1-17-16-26-12-14-29(17)23(33-3)11-13-30(34-4)22-10-9-18(32-2)15-20(22)24-27-21-8-6-5-7-19(21)25(31)28-24/h5-10,15,17,23,26H,11-14,16H2,1-4H3,(H,27,28,31). The van der Waals surface area contributed by atoms with Gasteiger partial charge in [-0.15, -0.1) is 0 Å². The summed E-state index contributed by atoms with van der Waals surface area (Å²) in [6.07, 6.45) is 0.706. The number of benzene rings is 2. The molecule has 182 valence electrons. The normalized spacial score (nSPS) is 17.6. The van der Waals surface area contributed by atoms with Crippen molar-refractivity contribution in [3.63, 3.8) is 0 Å². The molecule has 9 heteroatoms. The number of hydrogen-bond acceptors (Lipinski definition) is 8. The molecule has 4 rings (SSSR count). The number of anilines is 1. The van der Waals surface area contributed by atoms with E-state index in [0.717, 1.165) is 31.7 Å². The second-order valence-corrected chi connectivity index (χ2v) is 8.37. The van der Waals surface area contributed by atoms with Gasteiger partial charge < -0.3 is 19.8 Å². The molecular weight excluding hydrogens is 434 g/mol. The lowest BCUT2D eigenvalue weighted by Gasteiger charge is -2.39. The predicted molar refractivity (Wildman–Crippen MR) is 133 cm³/mol. The van der Waals surface area contributed by atoms with Gasteiger partial charge in [0.25, 0.3) is 5.56 Å². The Balaban J connectivity index is 1.66. The Morgan fingerprint density at radius 2 is 2.03 bits per heavy atom. The van der Waals surface area contributed by atoms with Crippen LogP contribution in [0.3, 0.4) is 0 Å². The van der Waals surface area contributed by atoms with Crippen molar-refractivity contribution in [2.24, 2.45) is 0 Å². The first kappa shape index (κ1) is 24.2. The fraction of sp³-hybridized carbons (Fsp3) is 0.440. The van der Waals surface area contributed by atoms with E-state index in [1.54, 1.807) is 27.4 Å². The van der Waals surface area contributed by atoms with Crippen LogP contribution in [0.4, 0.5) is 5.69 Å². The molecule has 0 spiro atoms. The molecule has 1 aliphatic rings. The minimum absolute atomic E-state index is 0.0324. The first-order chi connectivity index (χ1) is 16.5. The van der Waals surface area contributed by atoms with Crippen LogP contribution in [0.5, 0.6) is 5.75 Å². The van der Waals surface area contributed by atoms with Gasteiger partial charge in [0, 0.05) is 51.3 Å². The summed E-state index contributed by atoms with van der Waals surface area (Å²) in [6.45, 7) is 5.61. The van der Waals surface area contributed by atoms with Crippen LogP contribution in [0.1, 0.15) is 13.3 Å². The molecule has 1 saturated heterocycles. The number of H-pyrrole nitrogens is 1. The van der Waals surface area contributed by atoms with Gasteiger partial charge in [0.15, 0.2) is 0 Å². The van der Waals surface area contributed by atoms with Gasteiger partial charge in [0.2, 0.25) is 0 Å². The van der Waals surface area contributed by atoms with E-state index in [1.807, 2.05) is 41.5 Å². The Morgan fingerprint density at radius 3 is 2.76 bits per heavy atom. The zero-order chi connectivity index (χ0) is 24.1. The van der Waals surface area contributed by atoms with Gasteiger partial charge in [0.1, 0.15) is 17.8 Å². The number of para-hydroxylation sites is 1. The molecule has 34 heavy (non-hydrogen) atoms. The SMILES string of the molecule is COc1ccc(N(CCC(OC)N2CCNCC2C)OC)c(-c2nc3ccccc3c(=O)[nH]2)c1. The maximum absolute atomic E-state index is 12.7. The Kier molecular flexibility index (Phi) is 7.79. The number of piperazine rings is 1. The summed E-state index contributed by atoms with van der Waals surface area (Å²) < 4.78 is 11.3. The van der Waals surface area contributed by atoms with Gasteiger partial charge in [-0.25, -0.2) is 4.98 Å². The van der Waals surface area contributed by atoms with Gasteiger partial charge in [-0.2, -0.15) is 0 Å². The number of methoxy groups -OCH3 is 2. The van der Waals surface area contributed by atoms with Crippen LogP contribution in [0.2, 0.25) is 0 Å². The third kappa shape index (κ3) is 5.07. The van der Waals surface area contributed by atoms with E-state index < -0.39 is 0 Å². The van der Waals surface area contributed by atoms with Crippen molar-refractivity contribution in [2.45, 2.75) is 25.6 Å². The monoisotopic (exact) mass is 467 g/mol. The van der Waals surface area contributed by atoms with E-state index >= 15 is 0 Å². The molecule has 2 unspecified atom stereocenters. The van der Waals surface area contributed by atoms with Crippen LogP contribution in [-0.2, 0) is 9.57 Å². The smallest absolute Gasteiger partial charge is 0.259 e. The Bertz CT molecular complexity index is 1170. The number of hydrogen-bond donors (Lipinski definition) is 2. The molecule has 2 atom stereocenters. The molecule has 1 aromatic heterocycles. The number of fused-ring (bicyclic) bond motifs is 1. The van der Waals surface area contributed by atoms with E-state index in [9.17, 15) is 4.79 Å². The summed E-state index contributed by atoms with van der Waals surface area (Å²) in [7, 11) is 5.00. The lowest BCUT2D eigenvalue weighted by Crippen LogP contribution is -2.55. The van der Waals surface area contributed by atoms with Crippen molar-refractivity contribution in [2.75, 3.05) is 52.6 Å². The first-order valence-corrected chi connectivity index (χ1v) is 11.5. The molecule has 3 aromatic rings. The maximum atomic E-state index is 12.7. The number of nitrogens with zero attached hydrogens (tertiary/aromatic N) is 3. The van der Waals surface area contributed by atoms with E-state index in [4.69, 9.17) is 19.3 Å². The average molecular weight is 468 g/mol. The maximum Gasteiger partial charge on any atom is 0.259 e. The molecule has 9 nitrogen and oxygen atoms in total. The molecule has 2 heterocycles. The van der Waals surface area contributed by atoms with Crippen molar-refractivity contribution in [1.29, 1.82) is 0 Å². The van der Waals surface area contributed by atoms with E-state index in [0.29, 0.717) is 40.6 Å². The van der Waals surface area contributed by atoms with Crippen LogP contribution in [0.15, 0.2) is 47.3 Å². The second kappa shape index (κ2) is 11.0. The zero-order valence-electron chi connectivity index (χ0n) is 20.2. The van der Waals surface area contributed by atoms with Crippen LogP contribution < -0.4 is 20.7 Å². The Hall–Kier alpha value is -2.98. The Labute approximate surface area is 199 Å². The minimum atomic E-state index is -0.189. The van der Waals surface area contributed by atoms with Crippen LogP contribution in [-0.4, -0.2) is 74.6 Å². The van der Waals surface area contributed by atoms with Crippen LogP contribution >= 0.6 is 0 Å². The summed E-state index contributed by atoms with van der Waals surface area (Å²) in [4.78, 5) is 28.5. The minimum Gasteiger partial charge on any atom is -0.497 e. The summed E-state index contributed by atoms with van der Waals surface area (Å²) in [5, 5.41) is 5.78. The van der Waals surface area contributed by atoms with Gasteiger partial charge in [-0.3, -0.25) is 19.6 Å². The molecule has 1 aliphatic heterocycles. The zero-order valence-corrected chi connectivity index (χ0v) is 20.2. The van der Waals surface area contributed by atoms with Crippen LogP contribution in [0, 0.1) is 0 Å². The summed E-state index contributed by atoms with van der Waals surface area (Å²) in [5.41, 5.74) is 1.94. The molecule has 0 aliphatic carbocycles. The van der Waals surface area contributed by atoms with Crippen molar-refractivity contribution in [3.05, 3.63) is 52.8 Å². The summed E-state index contributed by atoms with van der Waals surface area (Å²) in [5.74, 6) is 1.12. The van der Waals surface area contributed by atoms with Crippen LogP contribution in [0.25, 0.3) is 22.3 Å². The highest BCUT2D eigenvalue weighted by Gasteiger charge is 2.27. The molecule has 0 radical (unpaired) electrons. The fourth-order valence-corrected chi connectivity index (χ4v) is 4.50. The number of rotatable bonds is 9. The van der Waals surface area contributed by atoms with Crippen molar-refractivity contribution >= 4 is 16.6 Å². The lowest BCUT2D eigenvalue weighted by atomic mass is 10.1. The highest BCUT2D eigenvalue weighted by Crippen LogP contribution is 2.33. The molecule has 2 aromatic carbocycles. The first-order valence-electron chi connectivity index (χ1n) is 11.5. The second-order valence-electron chi connectivity index (χ2n) is 8.37. The Morgan fingerprint density at radius 1 is 1.21 bits per heavy atom. The third-order valence-corrected chi connectivity index (χ3v) is 6.33. The highest BCUT2D eigenvalue weighted by molar-refractivity contribution is 5.82. The topological polar surface area (TPSA) is 91.9 Å². The summed E-state index contributed by atoms with van der Waals surface area (Å²) >= 11 is 0. The van der Waals surface area contributed by atoms with E-state index in [2.05, 4.69) is 22.1 Å².